The lowest BCUT2D eigenvalue weighted by molar-refractivity contribution is 0.0776. The number of aryl methyl sites for hydroxylation is 1. The van der Waals surface area contributed by atoms with Gasteiger partial charge in [-0.3, -0.25) is 9.89 Å². The minimum Gasteiger partial charge on any atom is -0.356 e. The van der Waals surface area contributed by atoms with Gasteiger partial charge in [0.25, 0.3) is 5.91 Å². The lowest BCUT2D eigenvalue weighted by atomic mass is 10.0. The van der Waals surface area contributed by atoms with Crippen LogP contribution in [0.1, 0.15) is 40.6 Å². The van der Waals surface area contributed by atoms with Crippen LogP contribution in [0, 0.1) is 18.8 Å². The number of hydrogen-bond acceptors (Lipinski definition) is 5. The molecule has 0 spiro atoms. The third-order valence-corrected chi connectivity index (χ3v) is 5.69. The second-order valence-corrected chi connectivity index (χ2v) is 7.65. The molecule has 1 aliphatic carbocycles. The van der Waals surface area contributed by atoms with E-state index in [4.69, 9.17) is 0 Å². The number of fused-ring (bicyclic) bond motifs is 1. The smallest absolute Gasteiger partial charge is 0.274 e. The van der Waals surface area contributed by atoms with Crippen molar-refractivity contribution in [2.24, 2.45) is 11.8 Å². The quantitative estimate of drug-likeness (QED) is 0.920. The van der Waals surface area contributed by atoms with Gasteiger partial charge in [0.2, 0.25) is 0 Å². The number of amides is 1. The zero-order chi connectivity index (χ0) is 17.0. The number of nitrogens with one attached hydrogen (secondary N) is 1. The summed E-state index contributed by atoms with van der Waals surface area (Å²) >= 11 is 0. The molecule has 2 unspecified atom stereocenters. The summed E-state index contributed by atoms with van der Waals surface area (Å²) in [7, 11) is 0. The van der Waals surface area contributed by atoms with Gasteiger partial charge in [0.05, 0.1) is 0 Å². The maximum absolute atomic E-state index is 12.6. The average molecular weight is 338 g/mol. The molecule has 130 valence electrons. The molecule has 2 aromatic rings. The molecule has 5 rings (SSSR count). The van der Waals surface area contributed by atoms with E-state index in [9.17, 15) is 4.79 Å². The Morgan fingerprint density at radius 2 is 1.88 bits per heavy atom. The van der Waals surface area contributed by atoms with E-state index in [2.05, 4.69) is 31.1 Å². The fraction of sp³-hybridized carbons (Fsp3) is 0.556. The van der Waals surface area contributed by atoms with Gasteiger partial charge in [-0.1, -0.05) is 0 Å². The standard InChI is InChI=1S/C18H22N6O/c1-11-4-16(22-21-11)18(25)24-8-13-6-23(7-14(13)9-24)17-5-15(12-2-3-12)19-10-20-17/h4-5,10,12-14H,2-3,6-9H2,1H3,(H,21,22). The molecule has 3 fully saturated rings. The minimum atomic E-state index is 0.0448. The van der Waals surface area contributed by atoms with Crippen LogP contribution in [-0.4, -0.2) is 57.2 Å². The fourth-order valence-corrected chi connectivity index (χ4v) is 4.17. The molecule has 2 atom stereocenters. The number of aromatic amines is 1. The molecule has 4 heterocycles. The van der Waals surface area contributed by atoms with E-state index in [1.807, 2.05) is 17.9 Å². The van der Waals surface area contributed by atoms with Gasteiger partial charge in [-0.2, -0.15) is 5.10 Å². The number of likely N-dealkylation sites (tertiary alicyclic amines) is 1. The molecule has 0 aromatic carbocycles. The minimum absolute atomic E-state index is 0.0448. The highest BCUT2D eigenvalue weighted by Gasteiger charge is 2.42. The molecule has 7 heteroatoms. The molecule has 1 saturated carbocycles. The largest absolute Gasteiger partial charge is 0.356 e. The summed E-state index contributed by atoms with van der Waals surface area (Å²) in [5, 5.41) is 6.96. The Morgan fingerprint density at radius 3 is 2.52 bits per heavy atom. The predicted molar refractivity (Wildman–Crippen MR) is 92.4 cm³/mol. The van der Waals surface area contributed by atoms with E-state index in [0.29, 0.717) is 23.4 Å². The third kappa shape index (κ3) is 2.67. The van der Waals surface area contributed by atoms with Gasteiger partial charge in [0, 0.05) is 61.4 Å². The number of hydrogen-bond donors (Lipinski definition) is 1. The maximum Gasteiger partial charge on any atom is 0.274 e. The van der Waals surface area contributed by atoms with Gasteiger partial charge in [-0.25, -0.2) is 9.97 Å². The summed E-state index contributed by atoms with van der Waals surface area (Å²) < 4.78 is 0. The van der Waals surface area contributed by atoms with Gasteiger partial charge < -0.3 is 9.80 Å². The number of carbonyl (C=O) groups is 1. The topological polar surface area (TPSA) is 78.0 Å². The van der Waals surface area contributed by atoms with E-state index in [0.717, 1.165) is 37.7 Å². The van der Waals surface area contributed by atoms with Crippen LogP contribution in [0.2, 0.25) is 0 Å². The maximum atomic E-state index is 12.6. The predicted octanol–water partition coefficient (Wildman–Crippen LogP) is 1.59. The van der Waals surface area contributed by atoms with Crippen LogP contribution < -0.4 is 4.90 Å². The van der Waals surface area contributed by atoms with Crippen molar-refractivity contribution >= 4 is 11.7 Å². The van der Waals surface area contributed by atoms with Crippen molar-refractivity contribution in [1.29, 1.82) is 0 Å². The summed E-state index contributed by atoms with van der Waals surface area (Å²) in [6.07, 6.45) is 4.21. The summed E-state index contributed by atoms with van der Waals surface area (Å²) in [4.78, 5) is 25.8. The Balaban J connectivity index is 1.26. The van der Waals surface area contributed by atoms with Crippen molar-refractivity contribution in [3.63, 3.8) is 0 Å². The molecular weight excluding hydrogens is 316 g/mol. The van der Waals surface area contributed by atoms with Crippen molar-refractivity contribution in [3.05, 3.63) is 35.5 Å². The van der Waals surface area contributed by atoms with Crippen LogP contribution >= 0.6 is 0 Å². The third-order valence-electron chi connectivity index (χ3n) is 5.69. The molecule has 0 radical (unpaired) electrons. The summed E-state index contributed by atoms with van der Waals surface area (Å²) in [5.41, 5.74) is 2.64. The van der Waals surface area contributed by atoms with Crippen LogP contribution in [0.5, 0.6) is 0 Å². The molecule has 7 nitrogen and oxygen atoms in total. The van der Waals surface area contributed by atoms with Crippen LogP contribution in [0.4, 0.5) is 5.82 Å². The van der Waals surface area contributed by atoms with Crippen LogP contribution in [0.15, 0.2) is 18.5 Å². The zero-order valence-corrected chi connectivity index (χ0v) is 14.4. The lowest BCUT2D eigenvalue weighted by Gasteiger charge is -2.22. The summed E-state index contributed by atoms with van der Waals surface area (Å²) in [6, 6.07) is 3.98. The zero-order valence-electron chi connectivity index (χ0n) is 14.4. The first kappa shape index (κ1) is 14.9. The average Bonchev–Trinajstić information content (AvgIpc) is 3.06. The van der Waals surface area contributed by atoms with Crippen molar-refractivity contribution in [2.75, 3.05) is 31.1 Å². The van der Waals surface area contributed by atoms with Crippen molar-refractivity contribution in [1.82, 2.24) is 25.1 Å². The highest BCUT2D eigenvalue weighted by Crippen LogP contribution is 2.40. The first-order chi connectivity index (χ1) is 12.2. The number of nitrogens with zero attached hydrogens (tertiary/aromatic N) is 5. The Morgan fingerprint density at radius 1 is 1.12 bits per heavy atom. The van der Waals surface area contributed by atoms with Crippen LogP contribution in [0.3, 0.4) is 0 Å². The Bertz CT molecular complexity index is 799. The van der Waals surface area contributed by atoms with Crippen molar-refractivity contribution in [2.45, 2.75) is 25.7 Å². The molecule has 2 saturated heterocycles. The molecule has 1 amide bonds. The van der Waals surface area contributed by atoms with E-state index in [-0.39, 0.29) is 5.91 Å². The molecule has 25 heavy (non-hydrogen) atoms. The van der Waals surface area contributed by atoms with Gasteiger partial charge in [0.1, 0.15) is 17.8 Å². The van der Waals surface area contributed by atoms with Gasteiger partial charge >= 0.3 is 0 Å². The normalized spacial score (nSPS) is 25.5. The highest BCUT2D eigenvalue weighted by atomic mass is 16.2. The lowest BCUT2D eigenvalue weighted by Crippen LogP contribution is -2.33. The second kappa shape index (κ2) is 5.54. The summed E-state index contributed by atoms with van der Waals surface area (Å²) in [5.74, 6) is 2.77. The van der Waals surface area contributed by atoms with Gasteiger partial charge in [-0.15, -0.1) is 0 Å². The van der Waals surface area contributed by atoms with Crippen molar-refractivity contribution in [3.8, 4) is 0 Å². The first-order valence-corrected chi connectivity index (χ1v) is 9.05. The Labute approximate surface area is 146 Å². The van der Waals surface area contributed by atoms with Crippen LogP contribution in [-0.2, 0) is 0 Å². The van der Waals surface area contributed by atoms with E-state index < -0.39 is 0 Å². The molecule has 3 aliphatic rings. The van der Waals surface area contributed by atoms with E-state index >= 15 is 0 Å². The Kier molecular flexibility index (Phi) is 3.29. The van der Waals surface area contributed by atoms with Crippen molar-refractivity contribution < 1.29 is 4.79 Å². The number of rotatable bonds is 3. The SMILES string of the molecule is Cc1cc(C(=O)N2CC3CN(c4cc(C5CC5)ncn4)CC3C2)n[nH]1. The van der Waals surface area contributed by atoms with Gasteiger partial charge in [-0.05, 0) is 25.8 Å². The summed E-state index contributed by atoms with van der Waals surface area (Å²) in [6.45, 7) is 5.47. The molecule has 0 bridgehead atoms. The Hall–Kier alpha value is -2.44. The molecule has 1 N–H and O–H groups in total. The number of anilines is 1. The number of H-pyrrole nitrogens is 1. The van der Waals surface area contributed by atoms with Gasteiger partial charge in [0.15, 0.2) is 0 Å². The van der Waals surface area contributed by atoms with Crippen LogP contribution in [0.25, 0.3) is 0 Å². The molecule has 2 aliphatic heterocycles. The highest BCUT2D eigenvalue weighted by molar-refractivity contribution is 5.92. The molecule has 2 aromatic heterocycles. The number of aromatic nitrogens is 4. The molecular formula is C18H22N6O. The monoisotopic (exact) mass is 338 g/mol. The van der Waals surface area contributed by atoms with E-state index in [1.54, 1.807) is 6.33 Å². The number of carbonyl (C=O) groups excluding carboxylic acids is 1. The van der Waals surface area contributed by atoms with E-state index in [1.165, 1.54) is 18.5 Å². The second-order valence-electron chi connectivity index (χ2n) is 7.65. The fourth-order valence-electron chi connectivity index (χ4n) is 4.17. The first-order valence-electron chi connectivity index (χ1n) is 9.05.